The first-order chi connectivity index (χ1) is 8.72. The Morgan fingerprint density at radius 3 is 3.11 bits per heavy atom. The summed E-state index contributed by atoms with van der Waals surface area (Å²) in [5.74, 6) is -0.178. The number of fused-ring (bicyclic) bond motifs is 1. The van der Waals surface area contributed by atoms with Gasteiger partial charge < -0.3 is 5.32 Å². The molecule has 0 saturated carbocycles. The Bertz CT molecular complexity index is 658. The third kappa shape index (κ3) is 2.09. The number of imidazole rings is 1. The largest absolute Gasteiger partial charge is 0.379 e. The van der Waals surface area contributed by atoms with E-state index in [-0.39, 0.29) is 5.82 Å². The number of aromatic nitrogens is 2. The van der Waals surface area contributed by atoms with E-state index in [0.717, 1.165) is 16.3 Å². The van der Waals surface area contributed by atoms with Crippen LogP contribution in [0.3, 0.4) is 0 Å². The molecular formula is C13H12FN3S. The lowest BCUT2D eigenvalue weighted by Crippen LogP contribution is -2.00. The fourth-order valence-electron chi connectivity index (χ4n) is 1.81. The van der Waals surface area contributed by atoms with Crippen LogP contribution in [0.15, 0.2) is 36.0 Å². The van der Waals surface area contributed by atoms with E-state index in [9.17, 15) is 4.39 Å². The minimum Gasteiger partial charge on any atom is -0.379 e. The second-order valence-electron chi connectivity index (χ2n) is 4.14. The van der Waals surface area contributed by atoms with Crippen LogP contribution in [-0.2, 0) is 6.54 Å². The number of hydrogen-bond acceptors (Lipinski definition) is 3. The zero-order chi connectivity index (χ0) is 12.5. The molecule has 0 saturated heterocycles. The molecule has 2 aromatic heterocycles. The van der Waals surface area contributed by atoms with Crippen LogP contribution in [0.4, 0.5) is 10.1 Å². The molecule has 2 heterocycles. The first-order valence-corrected chi connectivity index (χ1v) is 6.51. The third-order valence-corrected chi connectivity index (χ3v) is 3.55. The zero-order valence-electron chi connectivity index (χ0n) is 9.85. The minimum absolute atomic E-state index is 0.178. The predicted molar refractivity (Wildman–Crippen MR) is 71.5 cm³/mol. The molecule has 0 spiro atoms. The molecule has 0 bridgehead atoms. The van der Waals surface area contributed by atoms with Gasteiger partial charge in [0, 0.05) is 23.5 Å². The second kappa shape index (κ2) is 4.42. The first-order valence-electron chi connectivity index (χ1n) is 5.63. The molecule has 92 valence electrons. The van der Waals surface area contributed by atoms with Gasteiger partial charge >= 0.3 is 0 Å². The standard InChI is InChI=1S/C13H12FN3S/c1-9-6-10(2-3-12(9)14)15-7-11-8-17-4-5-18-13(17)16-11/h2-6,8,15H,7H2,1H3. The smallest absolute Gasteiger partial charge is 0.193 e. The van der Waals surface area contributed by atoms with Gasteiger partial charge in [-0.3, -0.25) is 4.40 Å². The Morgan fingerprint density at radius 2 is 2.33 bits per heavy atom. The Kier molecular flexibility index (Phi) is 2.76. The SMILES string of the molecule is Cc1cc(NCc2cn3ccsc3n2)ccc1F. The zero-order valence-corrected chi connectivity index (χ0v) is 10.7. The van der Waals surface area contributed by atoms with Crippen LogP contribution >= 0.6 is 11.3 Å². The molecule has 5 heteroatoms. The van der Waals surface area contributed by atoms with Crippen molar-refractivity contribution in [3.8, 4) is 0 Å². The quantitative estimate of drug-likeness (QED) is 0.782. The summed E-state index contributed by atoms with van der Waals surface area (Å²) in [5, 5.41) is 5.24. The van der Waals surface area contributed by atoms with Crippen LogP contribution < -0.4 is 5.32 Å². The van der Waals surface area contributed by atoms with Gasteiger partial charge in [0.2, 0.25) is 0 Å². The Labute approximate surface area is 108 Å². The van der Waals surface area contributed by atoms with Gasteiger partial charge in [0.05, 0.1) is 12.2 Å². The highest BCUT2D eigenvalue weighted by Gasteiger charge is 2.03. The highest BCUT2D eigenvalue weighted by molar-refractivity contribution is 7.15. The van der Waals surface area contributed by atoms with Crippen LogP contribution in [0.25, 0.3) is 4.96 Å². The van der Waals surface area contributed by atoms with Gasteiger partial charge in [0.25, 0.3) is 0 Å². The highest BCUT2D eigenvalue weighted by Crippen LogP contribution is 2.16. The van der Waals surface area contributed by atoms with Crippen LogP contribution in [0.2, 0.25) is 0 Å². The van der Waals surface area contributed by atoms with Gasteiger partial charge in [-0.15, -0.1) is 11.3 Å². The van der Waals surface area contributed by atoms with Crippen molar-refractivity contribution in [3.63, 3.8) is 0 Å². The molecule has 0 fully saturated rings. The number of aryl methyl sites for hydroxylation is 1. The average molecular weight is 261 g/mol. The normalized spacial score (nSPS) is 11.0. The molecule has 0 aliphatic carbocycles. The van der Waals surface area contributed by atoms with Crippen molar-refractivity contribution in [1.82, 2.24) is 9.38 Å². The van der Waals surface area contributed by atoms with E-state index in [0.29, 0.717) is 12.1 Å². The number of benzene rings is 1. The number of nitrogens with one attached hydrogen (secondary N) is 1. The van der Waals surface area contributed by atoms with E-state index < -0.39 is 0 Å². The Morgan fingerprint density at radius 1 is 1.44 bits per heavy atom. The van der Waals surface area contributed by atoms with E-state index in [4.69, 9.17) is 0 Å². The topological polar surface area (TPSA) is 29.3 Å². The summed E-state index contributed by atoms with van der Waals surface area (Å²) < 4.78 is 15.1. The molecule has 0 unspecified atom stereocenters. The third-order valence-electron chi connectivity index (χ3n) is 2.77. The van der Waals surface area contributed by atoms with Crippen LogP contribution in [0.1, 0.15) is 11.3 Å². The van der Waals surface area contributed by atoms with Crippen LogP contribution in [0, 0.1) is 12.7 Å². The molecule has 3 nitrogen and oxygen atoms in total. The van der Waals surface area contributed by atoms with Crippen molar-refractivity contribution in [2.45, 2.75) is 13.5 Å². The van der Waals surface area contributed by atoms with Crippen molar-refractivity contribution in [3.05, 3.63) is 53.0 Å². The average Bonchev–Trinajstić information content (AvgIpc) is 2.91. The number of halogens is 1. The molecular weight excluding hydrogens is 249 g/mol. The summed E-state index contributed by atoms with van der Waals surface area (Å²) >= 11 is 1.61. The maximum absolute atomic E-state index is 13.1. The van der Waals surface area contributed by atoms with Crippen molar-refractivity contribution in [2.75, 3.05) is 5.32 Å². The summed E-state index contributed by atoms with van der Waals surface area (Å²) in [7, 11) is 0. The Balaban J connectivity index is 1.73. The lowest BCUT2D eigenvalue weighted by atomic mass is 10.2. The lowest BCUT2D eigenvalue weighted by Gasteiger charge is -2.05. The van der Waals surface area contributed by atoms with Gasteiger partial charge in [-0.1, -0.05) is 0 Å². The molecule has 0 atom stereocenters. The highest BCUT2D eigenvalue weighted by atomic mass is 32.1. The molecule has 3 aromatic rings. The second-order valence-corrected chi connectivity index (χ2v) is 5.02. The number of hydrogen-bond donors (Lipinski definition) is 1. The number of anilines is 1. The number of thiazole rings is 1. The van der Waals surface area contributed by atoms with Crippen LogP contribution in [-0.4, -0.2) is 9.38 Å². The van der Waals surface area contributed by atoms with Gasteiger partial charge in [0.1, 0.15) is 5.82 Å². The maximum Gasteiger partial charge on any atom is 0.193 e. The monoisotopic (exact) mass is 261 g/mol. The molecule has 0 aliphatic rings. The maximum atomic E-state index is 13.1. The molecule has 0 radical (unpaired) electrons. The molecule has 18 heavy (non-hydrogen) atoms. The Hall–Kier alpha value is -1.88. The van der Waals surface area contributed by atoms with Gasteiger partial charge in [-0.2, -0.15) is 0 Å². The summed E-state index contributed by atoms with van der Waals surface area (Å²) in [6.07, 6.45) is 3.98. The number of rotatable bonds is 3. The van der Waals surface area contributed by atoms with Gasteiger partial charge in [0.15, 0.2) is 4.96 Å². The van der Waals surface area contributed by atoms with E-state index in [1.807, 2.05) is 22.2 Å². The summed E-state index contributed by atoms with van der Waals surface area (Å²) in [6.45, 7) is 2.40. The van der Waals surface area contributed by atoms with Crippen molar-refractivity contribution in [1.29, 1.82) is 0 Å². The van der Waals surface area contributed by atoms with Crippen molar-refractivity contribution in [2.24, 2.45) is 0 Å². The summed E-state index contributed by atoms with van der Waals surface area (Å²) in [4.78, 5) is 5.46. The molecule has 0 aliphatic heterocycles. The summed E-state index contributed by atoms with van der Waals surface area (Å²) in [5.41, 5.74) is 2.53. The van der Waals surface area contributed by atoms with E-state index in [1.54, 1.807) is 30.4 Å². The predicted octanol–water partition coefficient (Wildman–Crippen LogP) is 3.46. The van der Waals surface area contributed by atoms with E-state index in [1.165, 1.54) is 6.07 Å². The van der Waals surface area contributed by atoms with E-state index >= 15 is 0 Å². The molecule has 3 rings (SSSR count). The fourth-order valence-corrected chi connectivity index (χ4v) is 2.53. The van der Waals surface area contributed by atoms with Gasteiger partial charge in [-0.05, 0) is 30.7 Å². The van der Waals surface area contributed by atoms with Gasteiger partial charge in [-0.25, -0.2) is 9.37 Å². The lowest BCUT2D eigenvalue weighted by molar-refractivity contribution is 0.618. The molecule has 1 aromatic carbocycles. The number of nitrogens with zero attached hydrogens (tertiary/aromatic N) is 2. The van der Waals surface area contributed by atoms with Crippen molar-refractivity contribution >= 4 is 22.0 Å². The van der Waals surface area contributed by atoms with Crippen LogP contribution in [0.5, 0.6) is 0 Å². The molecule has 1 N–H and O–H groups in total. The summed E-state index contributed by atoms with van der Waals surface area (Å²) in [6, 6.07) is 5.01. The molecule has 0 amide bonds. The first kappa shape index (κ1) is 11.2. The minimum atomic E-state index is -0.178. The van der Waals surface area contributed by atoms with Crippen molar-refractivity contribution < 1.29 is 4.39 Å². The fraction of sp³-hybridized carbons (Fsp3) is 0.154. The van der Waals surface area contributed by atoms with E-state index in [2.05, 4.69) is 10.3 Å².